The van der Waals surface area contributed by atoms with E-state index >= 15 is 0 Å². The van der Waals surface area contributed by atoms with Gasteiger partial charge in [-0.2, -0.15) is 0 Å². The predicted molar refractivity (Wildman–Crippen MR) is 115 cm³/mol. The van der Waals surface area contributed by atoms with Crippen molar-refractivity contribution in [1.82, 2.24) is 4.72 Å². The van der Waals surface area contributed by atoms with Crippen LogP contribution >= 0.6 is 22.6 Å². The van der Waals surface area contributed by atoms with Gasteiger partial charge in [0, 0.05) is 21.1 Å². The maximum atomic E-state index is 14.2. The van der Waals surface area contributed by atoms with Crippen molar-refractivity contribution in [3.63, 3.8) is 0 Å². The maximum Gasteiger partial charge on any atom is 0.227 e. The highest BCUT2D eigenvalue weighted by Crippen LogP contribution is 2.29. The second-order valence-electron chi connectivity index (χ2n) is 7.83. The summed E-state index contributed by atoms with van der Waals surface area (Å²) in [6.45, 7) is 8.63. The lowest BCUT2D eigenvalue weighted by Crippen LogP contribution is -2.46. The van der Waals surface area contributed by atoms with Crippen LogP contribution < -0.4 is 10.0 Å². The highest BCUT2D eigenvalue weighted by Gasteiger charge is 2.34. The minimum atomic E-state index is -3.41. The average Bonchev–Trinajstić information content (AvgIpc) is 2.56. The number of amides is 1. The monoisotopic (exact) mass is 508 g/mol. The van der Waals surface area contributed by atoms with E-state index in [1.807, 2.05) is 22.6 Å². The van der Waals surface area contributed by atoms with Gasteiger partial charge in [-0.05, 0) is 81.2 Å². The third-order valence-corrected chi connectivity index (χ3v) is 7.66. The smallest absolute Gasteiger partial charge is 0.227 e. The number of benzene rings is 1. The fourth-order valence-corrected chi connectivity index (χ4v) is 4.62. The van der Waals surface area contributed by atoms with Crippen LogP contribution in [0.25, 0.3) is 6.08 Å². The summed E-state index contributed by atoms with van der Waals surface area (Å²) >= 11 is 2.01. The van der Waals surface area contributed by atoms with E-state index in [4.69, 9.17) is 0 Å². The Morgan fingerprint density at radius 1 is 1.26 bits per heavy atom. The van der Waals surface area contributed by atoms with Gasteiger partial charge >= 0.3 is 0 Å². The molecular formula is C19H26FIN2O3S. The molecule has 1 fully saturated rings. The molecule has 1 saturated carbocycles. The topological polar surface area (TPSA) is 75.3 Å². The summed E-state index contributed by atoms with van der Waals surface area (Å²) in [6.07, 6.45) is 3.78. The van der Waals surface area contributed by atoms with Gasteiger partial charge in [-0.15, -0.1) is 0 Å². The number of hydrogen-bond donors (Lipinski definition) is 2. The van der Waals surface area contributed by atoms with Gasteiger partial charge in [-0.1, -0.05) is 12.7 Å². The molecule has 2 N–H and O–H groups in total. The lowest BCUT2D eigenvalue weighted by molar-refractivity contribution is -0.120. The molecule has 1 aromatic rings. The summed E-state index contributed by atoms with van der Waals surface area (Å²) in [5, 5.41) is 2.69. The van der Waals surface area contributed by atoms with Crippen molar-refractivity contribution in [3.05, 3.63) is 33.7 Å². The molecule has 1 aliphatic carbocycles. The molecule has 0 aromatic heterocycles. The Hall–Kier alpha value is -1.00. The Morgan fingerprint density at radius 3 is 2.37 bits per heavy atom. The van der Waals surface area contributed by atoms with Crippen LogP contribution in [0.3, 0.4) is 0 Å². The Bertz CT molecular complexity index is 826. The van der Waals surface area contributed by atoms with Crippen molar-refractivity contribution in [1.29, 1.82) is 0 Å². The summed E-state index contributed by atoms with van der Waals surface area (Å²) in [5.41, 5.74) is 0.686. The molecule has 5 nitrogen and oxygen atoms in total. The molecule has 0 atom stereocenters. The minimum Gasteiger partial charge on any atom is -0.323 e. The van der Waals surface area contributed by atoms with E-state index in [1.165, 1.54) is 12.1 Å². The Balaban J connectivity index is 1.99. The molecule has 0 bridgehead atoms. The molecule has 0 aliphatic heterocycles. The second-order valence-corrected chi connectivity index (χ2v) is 11.5. The van der Waals surface area contributed by atoms with Crippen LogP contribution in [-0.2, 0) is 14.8 Å². The molecule has 0 spiro atoms. The number of halogens is 2. The molecule has 1 aromatic carbocycles. The van der Waals surface area contributed by atoms with Gasteiger partial charge < -0.3 is 5.32 Å². The predicted octanol–water partition coefficient (Wildman–Crippen LogP) is 4.29. The number of rotatable bonds is 5. The van der Waals surface area contributed by atoms with Gasteiger partial charge in [0.25, 0.3) is 0 Å². The number of nitrogens with one attached hydrogen (secondary N) is 2. The normalized spacial score (nSPS) is 20.9. The molecular weight excluding hydrogens is 482 g/mol. The molecule has 27 heavy (non-hydrogen) atoms. The summed E-state index contributed by atoms with van der Waals surface area (Å²) in [4.78, 5) is 12.6. The summed E-state index contributed by atoms with van der Waals surface area (Å²) < 4.78 is 41.4. The number of carbonyl (C=O) groups excluding carboxylic acids is 1. The van der Waals surface area contributed by atoms with Crippen molar-refractivity contribution >= 4 is 50.3 Å². The fraction of sp³-hybridized carbons (Fsp3) is 0.526. The van der Waals surface area contributed by atoms with Crippen molar-refractivity contribution in [3.8, 4) is 0 Å². The second kappa shape index (κ2) is 8.57. The largest absolute Gasteiger partial charge is 0.323 e. The van der Waals surface area contributed by atoms with Crippen molar-refractivity contribution < 1.29 is 17.6 Å². The van der Waals surface area contributed by atoms with Crippen molar-refractivity contribution in [2.45, 2.75) is 57.2 Å². The highest BCUT2D eigenvalue weighted by molar-refractivity contribution is 14.1. The summed E-state index contributed by atoms with van der Waals surface area (Å²) in [5.74, 6) is -0.996. The Labute approximate surface area is 174 Å². The van der Waals surface area contributed by atoms with Crippen LogP contribution in [0.15, 0.2) is 18.7 Å². The van der Waals surface area contributed by atoms with Crippen molar-refractivity contribution in [2.24, 2.45) is 5.92 Å². The third kappa shape index (κ3) is 5.51. The van der Waals surface area contributed by atoms with Gasteiger partial charge in [-0.25, -0.2) is 17.5 Å². The van der Waals surface area contributed by atoms with Crippen LogP contribution in [-0.4, -0.2) is 25.1 Å². The zero-order valence-corrected chi connectivity index (χ0v) is 18.8. The summed E-state index contributed by atoms with van der Waals surface area (Å²) in [7, 11) is -3.41. The lowest BCUT2D eigenvalue weighted by Gasteiger charge is -2.31. The molecule has 1 aliphatic rings. The average molecular weight is 508 g/mol. The van der Waals surface area contributed by atoms with E-state index in [9.17, 15) is 17.6 Å². The van der Waals surface area contributed by atoms with E-state index in [2.05, 4.69) is 16.6 Å². The van der Waals surface area contributed by atoms with Crippen LogP contribution in [0, 0.1) is 15.3 Å². The molecule has 0 saturated heterocycles. The molecule has 0 unspecified atom stereocenters. The molecule has 2 rings (SSSR count). The van der Waals surface area contributed by atoms with E-state index in [-0.39, 0.29) is 23.6 Å². The van der Waals surface area contributed by atoms with Gasteiger partial charge in [0.1, 0.15) is 5.82 Å². The number of carbonyl (C=O) groups is 1. The first kappa shape index (κ1) is 22.3. The van der Waals surface area contributed by atoms with E-state index in [0.29, 0.717) is 31.2 Å². The standard InChI is InChI=1S/C19H26FIN2O3S/c1-5-12-10-14(21)11-16(20)17(12)22-18(24)13-6-8-15(9-7-13)23-27(25,26)19(2,3)4/h5,10-11,13,15,23H,1,6-9H2,2-4H3,(H,22,24). The molecule has 0 heterocycles. The first-order valence-electron chi connectivity index (χ1n) is 8.89. The molecule has 1 amide bonds. The van der Waals surface area contributed by atoms with Crippen LogP contribution in [0.1, 0.15) is 52.0 Å². The van der Waals surface area contributed by atoms with Gasteiger partial charge in [0.15, 0.2) is 0 Å². The third-order valence-electron chi connectivity index (χ3n) is 4.78. The van der Waals surface area contributed by atoms with Gasteiger partial charge in [0.05, 0.1) is 10.4 Å². The van der Waals surface area contributed by atoms with Crippen LogP contribution in [0.4, 0.5) is 10.1 Å². The highest BCUT2D eigenvalue weighted by atomic mass is 127. The molecule has 8 heteroatoms. The Kier molecular flexibility index (Phi) is 7.07. The van der Waals surface area contributed by atoms with Gasteiger partial charge in [0.2, 0.25) is 15.9 Å². The Morgan fingerprint density at radius 2 is 1.85 bits per heavy atom. The van der Waals surface area contributed by atoms with E-state index in [1.54, 1.807) is 26.8 Å². The van der Waals surface area contributed by atoms with Gasteiger partial charge in [-0.3, -0.25) is 4.79 Å². The minimum absolute atomic E-state index is 0.144. The van der Waals surface area contributed by atoms with Crippen LogP contribution in [0.5, 0.6) is 0 Å². The van der Waals surface area contributed by atoms with Crippen LogP contribution in [0.2, 0.25) is 0 Å². The number of anilines is 1. The lowest BCUT2D eigenvalue weighted by atomic mass is 9.86. The first-order chi connectivity index (χ1) is 12.4. The number of sulfonamides is 1. The zero-order valence-electron chi connectivity index (χ0n) is 15.8. The van der Waals surface area contributed by atoms with E-state index < -0.39 is 20.6 Å². The SMILES string of the molecule is C=Cc1cc(I)cc(F)c1NC(=O)C1CCC(NS(=O)(=O)C(C)(C)C)CC1. The zero-order chi connectivity index (χ0) is 20.4. The first-order valence-corrected chi connectivity index (χ1v) is 11.4. The van der Waals surface area contributed by atoms with Crippen molar-refractivity contribution in [2.75, 3.05) is 5.32 Å². The van der Waals surface area contributed by atoms with E-state index in [0.717, 1.165) is 3.57 Å². The maximum absolute atomic E-state index is 14.2. The summed E-state index contributed by atoms with van der Waals surface area (Å²) in [6, 6.07) is 2.95. The molecule has 150 valence electrons. The molecule has 0 radical (unpaired) electrons. The number of hydrogen-bond acceptors (Lipinski definition) is 3. The fourth-order valence-electron chi connectivity index (χ4n) is 2.98. The quantitative estimate of drug-likeness (QED) is 0.583.